The van der Waals surface area contributed by atoms with E-state index >= 15 is 0 Å². The van der Waals surface area contributed by atoms with Crippen LogP contribution in [0, 0.1) is 5.82 Å². The zero-order chi connectivity index (χ0) is 13.0. The van der Waals surface area contributed by atoms with Crippen molar-refractivity contribution in [3.8, 4) is 0 Å². The van der Waals surface area contributed by atoms with E-state index in [4.69, 9.17) is 11.6 Å². The van der Waals surface area contributed by atoms with Crippen LogP contribution in [0.5, 0.6) is 0 Å². The smallest absolute Gasteiger partial charge is 0.224 e. The molecule has 1 fully saturated rings. The molecule has 5 heteroatoms. The molecule has 1 aromatic rings. The number of carbonyl (C=O) groups excluding carboxylic acids is 1. The van der Waals surface area contributed by atoms with Crippen LogP contribution in [0.3, 0.4) is 0 Å². The van der Waals surface area contributed by atoms with E-state index in [0.717, 1.165) is 19.4 Å². The maximum Gasteiger partial charge on any atom is 0.224 e. The summed E-state index contributed by atoms with van der Waals surface area (Å²) in [6.45, 7) is 1.59. The zero-order valence-electron chi connectivity index (χ0n) is 10.0. The lowest BCUT2D eigenvalue weighted by molar-refractivity contribution is -0.120. The van der Waals surface area contributed by atoms with Crippen molar-refractivity contribution >= 4 is 17.5 Å². The van der Waals surface area contributed by atoms with Gasteiger partial charge in [-0.3, -0.25) is 4.79 Å². The molecule has 0 radical (unpaired) electrons. The van der Waals surface area contributed by atoms with Gasteiger partial charge in [0.1, 0.15) is 5.82 Å². The standard InChI is InChI=1S/C13H16ClFN2O/c14-11-4-1-5-12(15)10(11)7-13(18)17-8-9-3-2-6-16-9/h1,4-5,9,16H,2-3,6-8H2,(H,17,18). The van der Waals surface area contributed by atoms with E-state index in [2.05, 4.69) is 10.6 Å². The van der Waals surface area contributed by atoms with Gasteiger partial charge in [0, 0.05) is 23.2 Å². The molecule has 18 heavy (non-hydrogen) atoms. The Morgan fingerprint density at radius 2 is 2.39 bits per heavy atom. The molecule has 0 saturated carbocycles. The Kier molecular flexibility index (Phi) is 4.55. The van der Waals surface area contributed by atoms with Crippen molar-refractivity contribution in [3.63, 3.8) is 0 Å². The van der Waals surface area contributed by atoms with Crippen LogP contribution in [-0.2, 0) is 11.2 Å². The summed E-state index contributed by atoms with van der Waals surface area (Å²) in [5.41, 5.74) is 0.260. The Labute approximate surface area is 111 Å². The fourth-order valence-corrected chi connectivity index (χ4v) is 2.32. The van der Waals surface area contributed by atoms with Gasteiger partial charge in [0.2, 0.25) is 5.91 Å². The molecule has 1 saturated heterocycles. The molecule has 0 bridgehead atoms. The predicted molar refractivity (Wildman–Crippen MR) is 69.1 cm³/mol. The van der Waals surface area contributed by atoms with Crippen molar-refractivity contribution in [2.24, 2.45) is 0 Å². The van der Waals surface area contributed by atoms with Gasteiger partial charge in [0.25, 0.3) is 0 Å². The van der Waals surface area contributed by atoms with E-state index in [1.807, 2.05) is 0 Å². The molecule has 0 aromatic heterocycles. The second kappa shape index (κ2) is 6.16. The summed E-state index contributed by atoms with van der Waals surface area (Å²) in [5, 5.41) is 6.38. The molecule has 1 aliphatic rings. The van der Waals surface area contributed by atoms with Crippen LogP contribution in [0.25, 0.3) is 0 Å². The number of hydrogen-bond acceptors (Lipinski definition) is 2. The van der Waals surface area contributed by atoms with Crippen molar-refractivity contribution in [1.29, 1.82) is 0 Å². The number of carbonyl (C=O) groups is 1. The molecule has 1 heterocycles. The maximum atomic E-state index is 13.5. The largest absolute Gasteiger partial charge is 0.354 e. The topological polar surface area (TPSA) is 41.1 Å². The average molecular weight is 271 g/mol. The lowest BCUT2D eigenvalue weighted by atomic mass is 10.1. The molecule has 1 unspecified atom stereocenters. The molecule has 0 spiro atoms. The van der Waals surface area contributed by atoms with Gasteiger partial charge in [0.05, 0.1) is 6.42 Å². The quantitative estimate of drug-likeness (QED) is 0.877. The summed E-state index contributed by atoms with van der Waals surface area (Å²) < 4.78 is 13.5. The van der Waals surface area contributed by atoms with Gasteiger partial charge < -0.3 is 10.6 Å². The van der Waals surface area contributed by atoms with Crippen LogP contribution in [0.1, 0.15) is 18.4 Å². The van der Waals surface area contributed by atoms with Crippen molar-refractivity contribution in [3.05, 3.63) is 34.6 Å². The Morgan fingerprint density at radius 1 is 1.56 bits per heavy atom. The van der Waals surface area contributed by atoms with Crippen LogP contribution in [0.2, 0.25) is 5.02 Å². The SMILES string of the molecule is O=C(Cc1c(F)cccc1Cl)NCC1CCCN1. The first-order valence-corrected chi connectivity index (χ1v) is 6.47. The summed E-state index contributed by atoms with van der Waals surface area (Å²) >= 11 is 5.87. The molecule has 1 amide bonds. The second-order valence-corrected chi connectivity index (χ2v) is 4.88. The summed E-state index contributed by atoms with van der Waals surface area (Å²) in [4.78, 5) is 11.7. The van der Waals surface area contributed by atoms with E-state index in [0.29, 0.717) is 17.6 Å². The second-order valence-electron chi connectivity index (χ2n) is 4.47. The van der Waals surface area contributed by atoms with Crippen molar-refractivity contribution < 1.29 is 9.18 Å². The third-order valence-corrected chi connectivity index (χ3v) is 3.46. The van der Waals surface area contributed by atoms with Gasteiger partial charge in [-0.15, -0.1) is 0 Å². The molecule has 1 atom stereocenters. The number of halogens is 2. The van der Waals surface area contributed by atoms with Crippen molar-refractivity contribution in [2.45, 2.75) is 25.3 Å². The number of rotatable bonds is 4. The maximum absolute atomic E-state index is 13.5. The van der Waals surface area contributed by atoms with Gasteiger partial charge >= 0.3 is 0 Å². The van der Waals surface area contributed by atoms with E-state index in [1.165, 1.54) is 12.1 Å². The van der Waals surface area contributed by atoms with Crippen LogP contribution in [-0.4, -0.2) is 25.0 Å². The average Bonchev–Trinajstić information content (AvgIpc) is 2.84. The molecule has 3 nitrogen and oxygen atoms in total. The van der Waals surface area contributed by atoms with Crippen LogP contribution < -0.4 is 10.6 Å². The molecule has 0 aliphatic carbocycles. The Bertz CT molecular complexity index is 413. The Balaban J connectivity index is 1.86. The number of hydrogen-bond donors (Lipinski definition) is 2. The minimum Gasteiger partial charge on any atom is -0.354 e. The summed E-state index contributed by atoms with van der Waals surface area (Å²) in [7, 11) is 0. The van der Waals surface area contributed by atoms with Crippen LogP contribution >= 0.6 is 11.6 Å². The van der Waals surface area contributed by atoms with Crippen LogP contribution in [0.4, 0.5) is 4.39 Å². The van der Waals surface area contributed by atoms with Crippen molar-refractivity contribution in [1.82, 2.24) is 10.6 Å². The monoisotopic (exact) mass is 270 g/mol. The molecule has 1 aliphatic heterocycles. The highest BCUT2D eigenvalue weighted by molar-refractivity contribution is 6.31. The predicted octanol–water partition coefficient (Wildman–Crippen LogP) is 1.89. The first-order chi connectivity index (χ1) is 8.66. The summed E-state index contributed by atoms with van der Waals surface area (Å²) in [6, 6.07) is 4.77. The molecular weight excluding hydrogens is 255 g/mol. The fraction of sp³-hybridized carbons (Fsp3) is 0.462. The Hall–Kier alpha value is -1.13. The summed E-state index contributed by atoms with van der Waals surface area (Å²) in [6.07, 6.45) is 2.19. The molecule has 1 aromatic carbocycles. The number of amides is 1. The minimum absolute atomic E-state index is 0.0156. The molecule has 2 rings (SSSR count). The molecular formula is C13H16ClFN2O. The van der Waals surface area contributed by atoms with Gasteiger partial charge in [-0.25, -0.2) is 4.39 Å². The number of nitrogens with one attached hydrogen (secondary N) is 2. The van der Waals surface area contributed by atoms with Crippen molar-refractivity contribution in [2.75, 3.05) is 13.1 Å². The number of benzene rings is 1. The molecule has 2 N–H and O–H groups in total. The molecule has 98 valence electrons. The first-order valence-electron chi connectivity index (χ1n) is 6.10. The third kappa shape index (κ3) is 3.43. The van der Waals surface area contributed by atoms with Gasteiger partial charge in [-0.1, -0.05) is 17.7 Å². The highest BCUT2D eigenvalue weighted by Gasteiger charge is 2.16. The van der Waals surface area contributed by atoms with E-state index in [-0.39, 0.29) is 17.9 Å². The lowest BCUT2D eigenvalue weighted by Crippen LogP contribution is -2.37. The van der Waals surface area contributed by atoms with E-state index in [1.54, 1.807) is 6.07 Å². The van der Waals surface area contributed by atoms with E-state index < -0.39 is 5.82 Å². The lowest BCUT2D eigenvalue weighted by Gasteiger charge is -2.12. The first kappa shape index (κ1) is 13.3. The third-order valence-electron chi connectivity index (χ3n) is 3.11. The van der Waals surface area contributed by atoms with Crippen LogP contribution in [0.15, 0.2) is 18.2 Å². The van der Waals surface area contributed by atoms with E-state index in [9.17, 15) is 9.18 Å². The minimum atomic E-state index is -0.434. The summed E-state index contributed by atoms with van der Waals surface area (Å²) in [5.74, 6) is -0.632. The van der Waals surface area contributed by atoms with Gasteiger partial charge in [-0.2, -0.15) is 0 Å². The van der Waals surface area contributed by atoms with Gasteiger partial charge in [0.15, 0.2) is 0 Å². The zero-order valence-corrected chi connectivity index (χ0v) is 10.8. The van der Waals surface area contributed by atoms with Gasteiger partial charge in [-0.05, 0) is 31.5 Å². The Morgan fingerprint density at radius 3 is 3.06 bits per heavy atom. The highest BCUT2D eigenvalue weighted by Crippen LogP contribution is 2.19. The fourth-order valence-electron chi connectivity index (χ4n) is 2.09. The normalized spacial score (nSPS) is 18.9. The highest BCUT2D eigenvalue weighted by atomic mass is 35.5.